The van der Waals surface area contributed by atoms with E-state index in [9.17, 15) is 13.2 Å². The van der Waals surface area contributed by atoms with E-state index in [1.807, 2.05) is 12.1 Å². The van der Waals surface area contributed by atoms with Gasteiger partial charge in [-0.25, -0.2) is 13.2 Å². The van der Waals surface area contributed by atoms with E-state index in [1.165, 1.54) is 0 Å². The second-order valence-corrected chi connectivity index (χ2v) is 9.84. The number of amidine groups is 1. The average Bonchev–Trinajstić information content (AvgIpc) is 3.09. The molecule has 0 aliphatic carbocycles. The number of hydrogen-bond donors (Lipinski definition) is 0. The maximum absolute atomic E-state index is 11.8. The molecule has 1 aromatic carbocycles. The molecule has 0 aromatic heterocycles. The molecule has 2 unspecified atom stereocenters. The predicted octanol–water partition coefficient (Wildman–Crippen LogP) is 2.74. The number of aliphatic imine (C=N–C) groups is 1. The van der Waals surface area contributed by atoms with Crippen molar-refractivity contribution >= 4 is 38.4 Å². The first-order valence-corrected chi connectivity index (χ1v) is 11.6. The number of thioether (sulfide) groups is 1. The van der Waals surface area contributed by atoms with E-state index in [0.717, 1.165) is 30.2 Å². The highest BCUT2D eigenvalue weighted by molar-refractivity contribution is 8.15. The zero-order valence-corrected chi connectivity index (χ0v) is 16.7. The lowest BCUT2D eigenvalue weighted by molar-refractivity contribution is 0.0526. The molecule has 6 nitrogen and oxygen atoms in total. The molecular formula is C18H24N2O4S2. The summed E-state index contributed by atoms with van der Waals surface area (Å²) in [6, 6.07) is 7.18. The number of sulfone groups is 1. The summed E-state index contributed by atoms with van der Waals surface area (Å²) >= 11 is 1.56. The monoisotopic (exact) mass is 396 g/mol. The van der Waals surface area contributed by atoms with Crippen molar-refractivity contribution in [2.75, 3.05) is 29.6 Å². The van der Waals surface area contributed by atoms with Crippen LogP contribution in [0, 0.1) is 0 Å². The number of esters is 1. The molecule has 2 atom stereocenters. The second-order valence-electron chi connectivity index (χ2n) is 6.48. The summed E-state index contributed by atoms with van der Waals surface area (Å²) in [7, 11) is -2.95. The Morgan fingerprint density at radius 3 is 2.62 bits per heavy atom. The standard InChI is InChI=1S/C18H24N2O4S2/c1-3-5-10-20(14-8-6-13(7-9-14)17(21)24-4-2)18-19-15-11-26(22,23)12-16(15)25-18/h6-9,15-16H,3-5,10-12H2,1-2H3. The third kappa shape index (κ3) is 4.23. The lowest BCUT2D eigenvalue weighted by Crippen LogP contribution is -2.29. The van der Waals surface area contributed by atoms with E-state index >= 15 is 0 Å². The Morgan fingerprint density at radius 1 is 1.27 bits per heavy atom. The Kier molecular flexibility index (Phi) is 5.92. The first kappa shape index (κ1) is 19.2. The number of fused-ring (bicyclic) bond motifs is 1. The summed E-state index contributed by atoms with van der Waals surface area (Å²) in [4.78, 5) is 18.7. The molecule has 2 heterocycles. The minimum absolute atomic E-state index is 0.0259. The fourth-order valence-electron chi connectivity index (χ4n) is 3.11. The van der Waals surface area contributed by atoms with Crippen LogP contribution in [0.2, 0.25) is 0 Å². The largest absolute Gasteiger partial charge is 0.462 e. The normalized spacial score (nSPS) is 23.4. The number of unbranched alkanes of at least 4 members (excludes halogenated alkanes) is 1. The molecule has 2 aliphatic heterocycles. The quantitative estimate of drug-likeness (QED) is 0.688. The molecule has 0 bridgehead atoms. The second kappa shape index (κ2) is 8.00. The summed E-state index contributed by atoms with van der Waals surface area (Å²) in [6.07, 6.45) is 2.06. The first-order valence-electron chi connectivity index (χ1n) is 8.93. The number of carbonyl (C=O) groups excluding carboxylic acids is 1. The maximum Gasteiger partial charge on any atom is 0.338 e. The summed E-state index contributed by atoms with van der Waals surface area (Å²) < 4.78 is 28.6. The lowest BCUT2D eigenvalue weighted by Gasteiger charge is -2.24. The van der Waals surface area contributed by atoms with Gasteiger partial charge in [0, 0.05) is 17.5 Å². The predicted molar refractivity (Wildman–Crippen MR) is 106 cm³/mol. The van der Waals surface area contributed by atoms with Crippen LogP contribution in [0.3, 0.4) is 0 Å². The lowest BCUT2D eigenvalue weighted by atomic mass is 10.2. The van der Waals surface area contributed by atoms with Gasteiger partial charge >= 0.3 is 5.97 Å². The van der Waals surface area contributed by atoms with E-state index < -0.39 is 9.84 Å². The first-order chi connectivity index (χ1) is 12.4. The SMILES string of the molecule is CCCCN(C1=NC2CS(=O)(=O)CC2S1)c1ccc(C(=O)OCC)cc1. The Morgan fingerprint density at radius 2 is 2.00 bits per heavy atom. The molecule has 0 amide bonds. The molecule has 1 fully saturated rings. The van der Waals surface area contributed by atoms with Crippen molar-refractivity contribution in [1.29, 1.82) is 0 Å². The number of ether oxygens (including phenoxy) is 1. The van der Waals surface area contributed by atoms with Crippen LogP contribution >= 0.6 is 11.8 Å². The zero-order chi connectivity index (χ0) is 18.7. The molecule has 8 heteroatoms. The number of rotatable bonds is 6. The smallest absolute Gasteiger partial charge is 0.338 e. The highest BCUT2D eigenvalue weighted by atomic mass is 32.2. The van der Waals surface area contributed by atoms with Gasteiger partial charge in [0.1, 0.15) is 0 Å². The van der Waals surface area contributed by atoms with Crippen LogP contribution in [0.25, 0.3) is 0 Å². The van der Waals surface area contributed by atoms with Crippen LogP contribution in [0.15, 0.2) is 29.3 Å². The van der Waals surface area contributed by atoms with Crippen molar-refractivity contribution in [2.45, 2.75) is 38.0 Å². The van der Waals surface area contributed by atoms with Crippen LogP contribution in [0.5, 0.6) is 0 Å². The van der Waals surface area contributed by atoms with Crippen molar-refractivity contribution in [2.24, 2.45) is 4.99 Å². The Balaban J connectivity index is 1.80. The van der Waals surface area contributed by atoms with E-state index in [1.54, 1.807) is 30.8 Å². The average molecular weight is 397 g/mol. The van der Waals surface area contributed by atoms with Gasteiger partial charge in [0.15, 0.2) is 15.0 Å². The van der Waals surface area contributed by atoms with Gasteiger partial charge < -0.3 is 9.64 Å². The Bertz CT molecular complexity index is 790. The summed E-state index contributed by atoms with van der Waals surface area (Å²) in [6.45, 7) is 5.08. The number of anilines is 1. The van der Waals surface area contributed by atoms with Crippen LogP contribution in [-0.4, -0.2) is 55.5 Å². The Labute approximate surface area is 158 Å². The van der Waals surface area contributed by atoms with Gasteiger partial charge in [-0.15, -0.1) is 0 Å². The molecule has 2 aliphatic rings. The van der Waals surface area contributed by atoms with Crippen molar-refractivity contribution in [3.8, 4) is 0 Å². The van der Waals surface area contributed by atoms with Crippen LogP contribution in [0.1, 0.15) is 37.0 Å². The fraction of sp³-hybridized carbons (Fsp3) is 0.556. The van der Waals surface area contributed by atoms with E-state index in [-0.39, 0.29) is 28.8 Å². The molecule has 26 heavy (non-hydrogen) atoms. The van der Waals surface area contributed by atoms with Crippen LogP contribution in [0.4, 0.5) is 5.69 Å². The summed E-state index contributed by atoms with van der Waals surface area (Å²) in [5, 5.41) is 0.908. The van der Waals surface area contributed by atoms with Crippen LogP contribution in [-0.2, 0) is 14.6 Å². The summed E-state index contributed by atoms with van der Waals surface area (Å²) in [5.74, 6) is 0.0301. The molecule has 0 radical (unpaired) electrons. The third-order valence-corrected chi connectivity index (χ3v) is 7.71. The van der Waals surface area contributed by atoms with E-state index in [0.29, 0.717) is 12.2 Å². The number of carbonyl (C=O) groups is 1. The van der Waals surface area contributed by atoms with Gasteiger partial charge in [-0.3, -0.25) is 4.99 Å². The van der Waals surface area contributed by atoms with Gasteiger partial charge in [0.05, 0.1) is 29.7 Å². The highest BCUT2D eigenvalue weighted by Gasteiger charge is 2.43. The van der Waals surface area contributed by atoms with Gasteiger partial charge in [0.25, 0.3) is 0 Å². The number of benzene rings is 1. The third-order valence-electron chi connectivity index (χ3n) is 4.46. The van der Waals surface area contributed by atoms with Crippen molar-refractivity contribution in [3.05, 3.63) is 29.8 Å². The minimum Gasteiger partial charge on any atom is -0.462 e. The van der Waals surface area contributed by atoms with Gasteiger partial charge in [-0.2, -0.15) is 0 Å². The van der Waals surface area contributed by atoms with Gasteiger partial charge in [0.2, 0.25) is 0 Å². The van der Waals surface area contributed by atoms with Crippen LogP contribution < -0.4 is 4.90 Å². The van der Waals surface area contributed by atoms with E-state index in [4.69, 9.17) is 9.73 Å². The molecule has 142 valence electrons. The zero-order valence-electron chi connectivity index (χ0n) is 15.1. The summed E-state index contributed by atoms with van der Waals surface area (Å²) in [5.41, 5.74) is 1.48. The molecule has 1 aromatic rings. The molecule has 0 saturated carbocycles. The minimum atomic E-state index is -2.95. The molecule has 1 saturated heterocycles. The van der Waals surface area contributed by atoms with Gasteiger partial charge in [-0.1, -0.05) is 25.1 Å². The topological polar surface area (TPSA) is 76.0 Å². The van der Waals surface area contributed by atoms with Gasteiger partial charge in [-0.05, 0) is 37.6 Å². The number of hydrogen-bond acceptors (Lipinski definition) is 7. The van der Waals surface area contributed by atoms with Crippen molar-refractivity contribution < 1.29 is 17.9 Å². The fourth-order valence-corrected chi connectivity index (χ4v) is 6.92. The molecule has 3 rings (SSSR count). The molecule has 0 N–H and O–H groups in total. The van der Waals surface area contributed by atoms with Crippen molar-refractivity contribution in [1.82, 2.24) is 0 Å². The Hall–Kier alpha value is -1.54. The molecular weight excluding hydrogens is 372 g/mol. The van der Waals surface area contributed by atoms with Crippen molar-refractivity contribution in [3.63, 3.8) is 0 Å². The maximum atomic E-state index is 11.8. The van der Waals surface area contributed by atoms with E-state index in [2.05, 4.69) is 11.8 Å². The highest BCUT2D eigenvalue weighted by Crippen LogP contribution is 2.37. The number of nitrogens with zero attached hydrogens (tertiary/aromatic N) is 2. The molecule has 0 spiro atoms.